The van der Waals surface area contributed by atoms with Gasteiger partial charge in [0.2, 0.25) is 5.91 Å². The summed E-state index contributed by atoms with van der Waals surface area (Å²) in [6.07, 6.45) is 54.3. The molecule has 2 aliphatic heterocycles. The van der Waals surface area contributed by atoms with E-state index in [0.717, 1.165) is 70.6 Å². The molecule has 0 aromatic rings. The fraction of sp³-hybridized carbons (Fsp3) is 0.809. The predicted molar refractivity (Wildman–Crippen MR) is 332 cm³/mol. The van der Waals surface area contributed by atoms with Crippen LogP contribution < -0.4 is 5.32 Å². The lowest BCUT2D eigenvalue weighted by Crippen LogP contribution is -2.65. The smallest absolute Gasteiger partial charge is 0.220 e. The van der Waals surface area contributed by atoms with Gasteiger partial charge in [0, 0.05) is 6.42 Å². The van der Waals surface area contributed by atoms with Crippen LogP contribution in [0.15, 0.2) is 72.9 Å². The Labute approximate surface area is 498 Å². The molecule has 12 atom stereocenters. The number of hydrogen-bond donors (Lipinski definition) is 9. The average Bonchev–Trinajstić information content (AvgIpc) is 3.38. The van der Waals surface area contributed by atoms with Crippen molar-refractivity contribution >= 4 is 5.91 Å². The molecule has 9 N–H and O–H groups in total. The molecule has 476 valence electrons. The van der Waals surface area contributed by atoms with E-state index in [-0.39, 0.29) is 18.9 Å². The molecule has 0 radical (unpaired) electrons. The Balaban J connectivity index is 1.52. The summed E-state index contributed by atoms with van der Waals surface area (Å²) in [6.45, 7) is 2.65. The zero-order valence-electron chi connectivity index (χ0n) is 51.5. The number of ether oxygens (including phenoxy) is 4. The second-order valence-electron chi connectivity index (χ2n) is 23.2. The first-order valence-electron chi connectivity index (χ1n) is 33.2. The second kappa shape index (κ2) is 52.7. The summed E-state index contributed by atoms with van der Waals surface area (Å²) >= 11 is 0. The number of carbonyl (C=O) groups excluding carboxylic acids is 1. The van der Waals surface area contributed by atoms with Crippen molar-refractivity contribution in [2.24, 2.45) is 0 Å². The summed E-state index contributed by atoms with van der Waals surface area (Å²) in [5.41, 5.74) is 0. The lowest BCUT2D eigenvalue weighted by molar-refractivity contribution is -0.359. The maximum Gasteiger partial charge on any atom is 0.220 e. The first-order chi connectivity index (χ1) is 40.1. The van der Waals surface area contributed by atoms with Gasteiger partial charge in [0.25, 0.3) is 0 Å². The molecule has 14 nitrogen and oxygen atoms in total. The van der Waals surface area contributed by atoms with E-state index in [2.05, 4.69) is 79.9 Å². The molecule has 2 heterocycles. The minimum atomic E-state index is -1.79. The van der Waals surface area contributed by atoms with Gasteiger partial charge in [0.15, 0.2) is 12.6 Å². The number of hydrogen-bond acceptors (Lipinski definition) is 13. The molecule has 1 amide bonds. The average molecular weight is 1160 g/mol. The summed E-state index contributed by atoms with van der Waals surface area (Å²) in [6, 6.07) is -0.912. The highest BCUT2D eigenvalue weighted by molar-refractivity contribution is 5.76. The summed E-state index contributed by atoms with van der Waals surface area (Å²) < 4.78 is 22.7. The van der Waals surface area contributed by atoms with Gasteiger partial charge in [-0.15, -0.1) is 0 Å². The van der Waals surface area contributed by atoms with Crippen LogP contribution in [0.4, 0.5) is 0 Å². The number of aliphatic hydroxyl groups is 8. The van der Waals surface area contributed by atoms with Gasteiger partial charge in [-0.3, -0.25) is 4.79 Å². The molecule has 0 aliphatic carbocycles. The maximum atomic E-state index is 13.2. The third-order valence-corrected chi connectivity index (χ3v) is 15.9. The Kier molecular flexibility index (Phi) is 48.6. The van der Waals surface area contributed by atoms with E-state index in [9.17, 15) is 45.6 Å². The van der Waals surface area contributed by atoms with Gasteiger partial charge in [-0.2, -0.15) is 0 Å². The van der Waals surface area contributed by atoms with Crippen LogP contribution in [0.5, 0.6) is 0 Å². The van der Waals surface area contributed by atoms with Gasteiger partial charge in [0.1, 0.15) is 48.8 Å². The molecule has 82 heavy (non-hydrogen) atoms. The van der Waals surface area contributed by atoms with Crippen LogP contribution in [-0.4, -0.2) is 140 Å². The number of carbonyl (C=O) groups is 1. The molecule has 2 aliphatic rings. The second-order valence-corrected chi connectivity index (χ2v) is 23.2. The predicted octanol–water partition coefficient (Wildman–Crippen LogP) is 12.7. The summed E-state index contributed by atoms with van der Waals surface area (Å²) in [5, 5.41) is 86.9. The van der Waals surface area contributed by atoms with Crippen LogP contribution in [0, 0.1) is 0 Å². The van der Waals surface area contributed by atoms with E-state index in [1.807, 2.05) is 6.08 Å². The third-order valence-electron chi connectivity index (χ3n) is 15.9. The highest BCUT2D eigenvalue weighted by Crippen LogP contribution is 2.30. The molecule has 0 aromatic heterocycles. The number of aliphatic hydroxyl groups excluding tert-OH is 8. The Bertz CT molecular complexity index is 1650. The number of unbranched alkanes of at least 4 members (excludes halogenated alkanes) is 30. The van der Waals surface area contributed by atoms with Crippen molar-refractivity contribution in [3.8, 4) is 0 Å². The van der Waals surface area contributed by atoms with Crippen LogP contribution >= 0.6 is 0 Å². The minimum absolute atomic E-state index is 0.240. The Morgan fingerprint density at radius 1 is 0.451 bits per heavy atom. The van der Waals surface area contributed by atoms with Crippen LogP contribution in [0.3, 0.4) is 0 Å². The molecule has 2 fully saturated rings. The molecule has 0 aromatic carbocycles. The minimum Gasteiger partial charge on any atom is -0.394 e. The van der Waals surface area contributed by atoms with Crippen LogP contribution in [-0.2, 0) is 23.7 Å². The topological polar surface area (TPSA) is 228 Å². The number of rotatable bonds is 53. The van der Waals surface area contributed by atoms with Gasteiger partial charge in [0.05, 0.1) is 32.0 Å². The van der Waals surface area contributed by atoms with E-state index in [0.29, 0.717) is 6.42 Å². The van der Waals surface area contributed by atoms with Crippen molar-refractivity contribution in [2.45, 2.75) is 331 Å². The lowest BCUT2D eigenvalue weighted by atomic mass is 9.97. The van der Waals surface area contributed by atoms with E-state index in [1.165, 1.54) is 161 Å². The summed E-state index contributed by atoms with van der Waals surface area (Å²) in [5.74, 6) is -0.240. The molecule has 14 heteroatoms. The Hall–Kier alpha value is -2.57. The number of amides is 1. The normalized spacial score (nSPS) is 24.4. The SMILES string of the molecule is CC/C=C\C/C=C\C/C=C\C/C=C\C/C=C\CCCCCCCCCCCCCCCCCCCCCCCCCC(=O)NC(COC1OC(CO)C(OC2OC(CO)C(O)C(O)C2O)C(O)C1O)C(O)/C=C/CCCCCCCCC. The molecule has 0 bridgehead atoms. The van der Waals surface area contributed by atoms with Crippen molar-refractivity contribution in [2.75, 3.05) is 19.8 Å². The molecule has 12 unspecified atom stereocenters. The van der Waals surface area contributed by atoms with Gasteiger partial charge in [-0.25, -0.2) is 0 Å². The zero-order valence-corrected chi connectivity index (χ0v) is 51.5. The maximum absolute atomic E-state index is 13.2. The van der Waals surface area contributed by atoms with E-state index in [1.54, 1.807) is 6.08 Å². The molecular formula is C68H121NO13. The molecule has 0 spiro atoms. The van der Waals surface area contributed by atoms with Gasteiger partial charge >= 0.3 is 0 Å². The van der Waals surface area contributed by atoms with Crippen molar-refractivity contribution in [3.05, 3.63) is 72.9 Å². The van der Waals surface area contributed by atoms with E-state index < -0.39 is 86.8 Å². The molecular weight excluding hydrogens is 1040 g/mol. The number of nitrogens with one attached hydrogen (secondary N) is 1. The van der Waals surface area contributed by atoms with Gasteiger partial charge < -0.3 is 65.1 Å². The van der Waals surface area contributed by atoms with Crippen molar-refractivity contribution in [3.63, 3.8) is 0 Å². The first kappa shape index (κ1) is 75.5. The van der Waals surface area contributed by atoms with Gasteiger partial charge in [-0.05, 0) is 64.2 Å². The fourth-order valence-electron chi connectivity index (χ4n) is 10.6. The highest BCUT2D eigenvalue weighted by atomic mass is 16.7. The van der Waals surface area contributed by atoms with Crippen LogP contribution in [0.2, 0.25) is 0 Å². The van der Waals surface area contributed by atoms with Crippen LogP contribution in [0.25, 0.3) is 0 Å². The van der Waals surface area contributed by atoms with Crippen molar-refractivity contribution < 1.29 is 64.6 Å². The number of allylic oxidation sites excluding steroid dienone is 11. The third kappa shape index (κ3) is 37.1. The zero-order chi connectivity index (χ0) is 59.5. The largest absolute Gasteiger partial charge is 0.394 e. The van der Waals surface area contributed by atoms with E-state index >= 15 is 0 Å². The standard InChI is InChI=1S/C68H121NO13/c1-3-5-7-9-11-13-14-15-16-17-18-19-20-21-22-23-24-25-26-27-28-29-30-31-32-33-34-35-36-37-38-39-40-41-42-44-46-48-50-52-60(73)69-56(57(72)51-49-47-45-43-12-10-8-6-4-2)55-79-67-65(78)63(76)66(59(54-71)81-67)82-68-64(77)62(75)61(74)58(53-70)80-68/h5,7,11,13,15-16,18-19,21-22,49,51,56-59,61-68,70-72,74-78H,3-4,6,8-10,12,14,17,20,23-48,50,52-55H2,1-2H3,(H,69,73)/b7-5-,13-11-,16-15-,19-18-,22-21-,51-49+. The van der Waals surface area contributed by atoms with E-state index in [4.69, 9.17) is 18.9 Å². The van der Waals surface area contributed by atoms with Crippen LogP contribution in [0.1, 0.15) is 258 Å². The highest BCUT2D eigenvalue weighted by Gasteiger charge is 2.51. The lowest BCUT2D eigenvalue weighted by Gasteiger charge is -2.46. The summed E-state index contributed by atoms with van der Waals surface area (Å²) in [7, 11) is 0. The molecule has 0 saturated carbocycles. The quantitative estimate of drug-likeness (QED) is 0.0204. The Morgan fingerprint density at radius 2 is 0.841 bits per heavy atom. The Morgan fingerprint density at radius 3 is 1.29 bits per heavy atom. The first-order valence-corrected chi connectivity index (χ1v) is 33.2. The molecule has 2 rings (SSSR count). The van der Waals surface area contributed by atoms with Gasteiger partial charge in [-0.1, -0.05) is 260 Å². The summed E-state index contributed by atoms with van der Waals surface area (Å²) in [4.78, 5) is 13.2. The molecule has 2 saturated heterocycles. The fourth-order valence-corrected chi connectivity index (χ4v) is 10.6. The monoisotopic (exact) mass is 1160 g/mol. The van der Waals surface area contributed by atoms with Crippen molar-refractivity contribution in [1.82, 2.24) is 5.32 Å². The van der Waals surface area contributed by atoms with Crippen molar-refractivity contribution in [1.29, 1.82) is 0 Å².